The highest BCUT2D eigenvalue weighted by molar-refractivity contribution is 5.95. The minimum atomic E-state index is 0. The predicted molar refractivity (Wildman–Crippen MR) is 68.2 cm³/mol. The highest BCUT2D eigenvalue weighted by atomic mass is 35.5. The zero-order valence-electron chi connectivity index (χ0n) is 10.1. The zero-order chi connectivity index (χ0) is 11.7. The van der Waals surface area contributed by atoms with E-state index < -0.39 is 0 Å². The fourth-order valence-corrected chi connectivity index (χ4v) is 2.14. The van der Waals surface area contributed by atoms with Crippen molar-refractivity contribution in [2.75, 3.05) is 13.1 Å². The standard InChI is InChI=1S/C11H18N4O.ClH/c1-7(12)9-3-4-15(6-9)11(16)10-5-13-14-8(10)2;/h5,7,9H,3-4,6,12H2,1-2H3,(H,13,14);1H. The minimum absolute atomic E-state index is 0. The van der Waals surface area contributed by atoms with Crippen molar-refractivity contribution in [3.63, 3.8) is 0 Å². The van der Waals surface area contributed by atoms with Gasteiger partial charge in [0.05, 0.1) is 11.8 Å². The van der Waals surface area contributed by atoms with E-state index in [1.807, 2.05) is 18.7 Å². The number of H-pyrrole nitrogens is 1. The van der Waals surface area contributed by atoms with Crippen molar-refractivity contribution in [3.8, 4) is 0 Å². The number of carbonyl (C=O) groups is 1. The topological polar surface area (TPSA) is 75.0 Å². The quantitative estimate of drug-likeness (QED) is 0.829. The van der Waals surface area contributed by atoms with Crippen LogP contribution >= 0.6 is 12.4 Å². The number of nitrogens with one attached hydrogen (secondary N) is 1. The summed E-state index contributed by atoms with van der Waals surface area (Å²) in [4.78, 5) is 14.0. The van der Waals surface area contributed by atoms with Crippen LogP contribution in [0.4, 0.5) is 0 Å². The Balaban J connectivity index is 0.00000144. The maximum atomic E-state index is 12.1. The molecule has 1 aliphatic rings. The highest BCUT2D eigenvalue weighted by Crippen LogP contribution is 2.21. The molecule has 5 nitrogen and oxygen atoms in total. The third-order valence-electron chi connectivity index (χ3n) is 3.32. The summed E-state index contributed by atoms with van der Waals surface area (Å²) in [5.74, 6) is 0.491. The summed E-state index contributed by atoms with van der Waals surface area (Å²) >= 11 is 0. The van der Waals surface area contributed by atoms with E-state index in [1.54, 1.807) is 6.20 Å². The van der Waals surface area contributed by atoms with E-state index in [9.17, 15) is 4.79 Å². The molecule has 17 heavy (non-hydrogen) atoms. The van der Waals surface area contributed by atoms with Crippen LogP contribution in [0.5, 0.6) is 0 Å². The van der Waals surface area contributed by atoms with Crippen LogP contribution in [0.15, 0.2) is 6.20 Å². The van der Waals surface area contributed by atoms with Crippen LogP contribution in [-0.2, 0) is 0 Å². The molecule has 2 atom stereocenters. The van der Waals surface area contributed by atoms with E-state index in [2.05, 4.69) is 10.2 Å². The van der Waals surface area contributed by atoms with Crippen LogP contribution in [0, 0.1) is 12.8 Å². The third kappa shape index (κ3) is 2.79. The molecule has 3 N–H and O–H groups in total. The van der Waals surface area contributed by atoms with E-state index in [0.717, 1.165) is 25.2 Å². The highest BCUT2D eigenvalue weighted by Gasteiger charge is 2.29. The smallest absolute Gasteiger partial charge is 0.257 e. The molecule has 2 unspecified atom stereocenters. The molecule has 1 amide bonds. The largest absolute Gasteiger partial charge is 0.338 e. The van der Waals surface area contributed by atoms with Crippen molar-refractivity contribution in [1.82, 2.24) is 15.1 Å². The zero-order valence-corrected chi connectivity index (χ0v) is 11.0. The Labute approximate surface area is 107 Å². The molecule has 1 aromatic rings. The van der Waals surface area contributed by atoms with Crippen molar-refractivity contribution in [1.29, 1.82) is 0 Å². The Kier molecular flexibility index (Phi) is 4.54. The molecular weight excluding hydrogens is 240 g/mol. The number of aromatic nitrogens is 2. The Morgan fingerprint density at radius 2 is 2.41 bits per heavy atom. The van der Waals surface area contributed by atoms with Crippen LogP contribution in [0.25, 0.3) is 0 Å². The van der Waals surface area contributed by atoms with Gasteiger partial charge in [0.1, 0.15) is 0 Å². The average molecular weight is 259 g/mol. The van der Waals surface area contributed by atoms with Gasteiger partial charge in [-0.3, -0.25) is 9.89 Å². The molecule has 1 aliphatic heterocycles. The number of hydrogen-bond donors (Lipinski definition) is 2. The lowest BCUT2D eigenvalue weighted by atomic mass is 10.0. The third-order valence-corrected chi connectivity index (χ3v) is 3.32. The van der Waals surface area contributed by atoms with E-state index >= 15 is 0 Å². The molecular formula is C11H19ClN4O. The van der Waals surface area contributed by atoms with Crippen LogP contribution in [-0.4, -0.2) is 40.1 Å². The summed E-state index contributed by atoms with van der Waals surface area (Å²) < 4.78 is 0. The van der Waals surface area contributed by atoms with Crippen molar-refractivity contribution in [2.45, 2.75) is 26.3 Å². The Morgan fingerprint density at radius 1 is 1.71 bits per heavy atom. The van der Waals surface area contributed by atoms with Gasteiger partial charge in [0.25, 0.3) is 5.91 Å². The van der Waals surface area contributed by atoms with Gasteiger partial charge >= 0.3 is 0 Å². The fraction of sp³-hybridized carbons (Fsp3) is 0.636. The molecule has 0 bridgehead atoms. The molecule has 96 valence electrons. The first-order chi connectivity index (χ1) is 7.59. The molecule has 0 spiro atoms. The second-order valence-corrected chi connectivity index (χ2v) is 4.57. The number of amides is 1. The van der Waals surface area contributed by atoms with Gasteiger partial charge in [-0.1, -0.05) is 0 Å². The predicted octanol–water partition coefficient (Wildman–Crippen LogP) is 0.949. The lowest BCUT2D eigenvalue weighted by Crippen LogP contribution is -2.33. The number of likely N-dealkylation sites (tertiary alicyclic amines) is 1. The summed E-state index contributed by atoms with van der Waals surface area (Å²) in [5.41, 5.74) is 7.35. The van der Waals surface area contributed by atoms with Crippen molar-refractivity contribution in [2.24, 2.45) is 11.7 Å². The maximum absolute atomic E-state index is 12.1. The molecule has 1 aromatic heterocycles. The monoisotopic (exact) mass is 258 g/mol. The molecule has 6 heteroatoms. The van der Waals surface area contributed by atoms with E-state index in [-0.39, 0.29) is 24.4 Å². The van der Waals surface area contributed by atoms with Crippen molar-refractivity contribution < 1.29 is 4.79 Å². The number of aryl methyl sites for hydroxylation is 1. The van der Waals surface area contributed by atoms with E-state index in [0.29, 0.717) is 11.5 Å². The summed E-state index contributed by atoms with van der Waals surface area (Å²) in [7, 11) is 0. The lowest BCUT2D eigenvalue weighted by molar-refractivity contribution is 0.0785. The van der Waals surface area contributed by atoms with Gasteiger partial charge in [-0.15, -0.1) is 12.4 Å². The number of nitrogens with two attached hydrogens (primary N) is 1. The summed E-state index contributed by atoms with van der Waals surface area (Å²) in [6.45, 7) is 5.43. The van der Waals surface area contributed by atoms with Crippen LogP contribution in [0.3, 0.4) is 0 Å². The Morgan fingerprint density at radius 3 is 2.88 bits per heavy atom. The maximum Gasteiger partial charge on any atom is 0.257 e. The van der Waals surface area contributed by atoms with Gasteiger partial charge in [0, 0.05) is 24.8 Å². The van der Waals surface area contributed by atoms with Gasteiger partial charge in [-0.2, -0.15) is 5.10 Å². The Hall–Kier alpha value is -1.07. The van der Waals surface area contributed by atoms with Crippen LogP contribution < -0.4 is 5.73 Å². The van der Waals surface area contributed by atoms with Crippen LogP contribution in [0.2, 0.25) is 0 Å². The summed E-state index contributed by atoms with van der Waals surface area (Å²) in [5, 5.41) is 6.66. The lowest BCUT2D eigenvalue weighted by Gasteiger charge is -2.17. The first-order valence-corrected chi connectivity index (χ1v) is 5.64. The molecule has 0 aromatic carbocycles. The first kappa shape index (κ1) is 14.0. The molecule has 2 heterocycles. The molecule has 0 aliphatic carbocycles. The minimum Gasteiger partial charge on any atom is -0.338 e. The molecule has 1 saturated heterocycles. The summed E-state index contributed by atoms with van der Waals surface area (Å²) in [6, 6.07) is 0.156. The van der Waals surface area contributed by atoms with Gasteiger partial charge in [0.2, 0.25) is 0 Å². The molecule has 1 fully saturated rings. The number of aromatic amines is 1. The van der Waals surface area contributed by atoms with Gasteiger partial charge in [0.15, 0.2) is 0 Å². The average Bonchev–Trinajstić information content (AvgIpc) is 2.84. The number of hydrogen-bond acceptors (Lipinski definition) is 3. The molecule has 2 rings (SSSR count). The normalized spacial score (nSPS) is 21.1. The molecule has 0 saturated carbocycles. The number of nitrogens with zero attached hydrogens (tertiary/aromatic N) is 2. The number of halogens is 1. The van der Waals surface area contributed by atoms with E-state index in [1.165, 1.54) is 0 Å². The second kappa shape index (κ2) is 5.51. The van der Waals surface area contributed by atoms with E-state index in [4.69, 9.17) is 5.73 Å². The second-order valence-electron chi connectivity index (χ2n) is 4.57. The SMILES string of the molecule is Cc1[nH]ncc1C(=O)N1CCC(C(C)N)C1.Cl. The van der Waals surface area contributed by atoms with Gasteiger partial charge in [-0.25, -0.2) is 0 Å². The van der Waals surface area contributed by atoms with Gasteiger partial charge < -0.3 is 10.6 Å². The number of carbonyl (C=O) groups excluding carboxylic acids is 1. The van der Waals surface area contributed by atoms with Crippen molar-refractivity contribution >= 4 is 18.3 Å². The fourth-order valence-electron chi connectivity index (χ4n) is 2.14. The Bertz CT molecular complexity index is 391. The first-order valence-electron chi connectivity index (χ1n) is 5.64. The summed E-state index contributed by atoms with van der Waals surface area (Å²) in [6.07, 6.45) is 2.59. The van der Waals surface area contributed by atoms with Gasteiger partial charge in [-0.05, 0) is 26.2 Å². The molecule has 0 radical (unpaired) electrons. The van der Waals surface area contributed by atoms with Crippen molar-refractivity contribution in [3.05, 3.63) is 17.5 Å². The number of rotatable bonds is 2. The van der Waals surface area contributed by atoms with Crippen LogP contribution in [0.1, 0.15) is 29.4 Å².